The Morgan fingerprint density at radius 1 is 1.26 bits per heavy atom. The van der Waals surface area contributed by atoms with Gasteiger partial charge in [-0.15, -0.1) is 11.6 Å². The largest absolute Gasteiger partial charge is 0.315 e. The zero-order valence-electron chi connectivity index (χ0n) is 11.3. The van der Waals surface area contributed by atoms with Crippen molar-refractivity contribution in [2.75, 3.05) is 12.4 Å². The number of nitrogens with one attached hydrogen (secondary N) is 1. The molecule has 1 aliphatic rings. The fourth-order valence-corrected chi connectivity index (χ4v) is 2.45. The van der Waals surface area contributed by atoms with E-state index in [1.165, 1.54) is 0 Å². The lowest BCUT2D eigenvalue weighted by molar-refractivity contribution is -0.128. The van der Waals surface area contributed by atoms with E-state index in [0.29, 0.717) is 19.0 Å². The number of carbonyl (C=O) groups excluding carboxylic acids is 1. The maximum Gasteiger partial charge on any atom is 0.251 e. The minimum atomic E-state index is -0.0357. The predicted molar refractivity (Wildman–Crippen MR) is 77.9 cm³/mol. The molecule has 3 nitrogen and oxygen atoms in total. The van der Waals surface area contributed by atoms with Gasteiger partial charge >= 0.3 is 0 Å². The molecule has 1 amide bonds. The number of halogens is 1. The number of amides is 1. The summed E-state index contributed by atoms with van der Waals surface area (Å²) in [4.78, 5) is 14.2. The smallest absolute Gasteiger partial charge is 0.251 e. The van der Waals surface area contributed by atoms with E-state index in [1.54, 1.807) is 0 Å². The third-order valence-electron chi connectivity index (χ3n) is 3.52. The lowest BCUT2D eigenvalue weighted by atomic mass is 10.1. The Hall–Kier alpha value is -1.32. The van der Waals surface area contributed by atoms with Gasteiger partial charge in [0.2, 0.25) is 0 Å². The lowest BCUT2D eigenvalue weighted by Crippen LogP contribution is -2.45. The molecule has 0 spiro atoms. The topological polar surface area (TPSA) is 32.3 Å². The van der Waals surface area contributed by atoms with Crippen molar-refractivity contribution in [2.24, 2.45) is 0 Å². The van der Waals surface area contributed by atoms with E-state index in [2.05, 4.69) is 5.32 Å². The molecule has 1 N–H and O–H groups in total. The summed E-state index contributed by atoms with van der Waals surface area (Å²) in [5.41, 5.74) is 3.06. The van der Waals surface area contributed by atoms with Crippen LogP contribution in [0.15, 0.2) is 41.5 Å². The zero-order chi connectivity index (χ0) is 13.8. The second-order valence-electron chi connectivity index (χ2n) is 4.77. The molecule has 102 valence electrons. The highest BCUT2D eigenvalue weighted by Gasteiger charge is 2.34. The van der Waals surface area contributed by atoms with Gasteiger partial charge in [-0.3, -0.25) is 10.1 Å². The Morgan fingerprint density at radius 3 is 2.58 bits per heavy atom. The van der Waals surface area contributed by atoms with Crippen LogP contribution in [0.5, 0.6) is 0 Å². The molecule has 19 heavy (non-hydrogen) atoms. The summed E-state index contributed by atoms with van der Waals surface area (Å²) in [5, 5.41) is 3.33. The first-order valence-corrected chi connectivity index (χ1v) is 7.00. The summed E-state index contributed by atoms with van der Waals surface area (Å²) >= 11 is 5.73. The summed E-state index contributed by atoms with van der Waals surface area (Å²) in [7, 11) is 0. The first kappa shape index (κ1) is 14.1. The van der Waals surface area contributed by atoms with Crippen LogP contribution in [-0.2, 0) is 11.3 Å². The summed E-state index contributed by atoms with van der Waals surface area (Å²) in [6.07, 6.45) is -0.0357. The van der Waals surface area contributed by atoms with Crippen LogP contribution in [0.2, 0.25) is 0 Å². The Bertz CT molecular complexity index is 484. The minimum absolute atomic E-state index is 0.0357. The van der Waals surface area contributed by atoms with Crippen molar-refractivity contribution in [1.82, 2.24) is 10.2 Å². The fourth-order valence-electron chi connectivity index (χ4n) is 2.34. The Kier molecular flexibility index (Phi) is 4.61. The maximum absolute atomic E-state index is 12.3. The first-order valence-electron chi connectivity index (χ1n) is 6.46. The number of hydrogen-bond acceptors (Lipinski definition) is 2. The van der Waals surface area contributed by atoms with Crippen LogP contribution in [-0.4, -0.2) is 29.4 Å². The molecule has 0 fully saturated rings. The van der Waals surface area contributed by atoms with Gasteiger partial charge in [0.1, 0.15) is 6.17 Å². The van der Waals surface area contributed by atoms with Crippen LogP contribution in [0, 0.1) is 0 Å². The van der Waals surface area contributed by atoms with Gasteiger partial charge in [-0.2, -0.15) is 0 Å². The molecule has 1 aromatic rings. The number of benzene rings is 1. The molecule has 0 aromatic heterocycles. The van der Waals surface area contributed by atoms with Crippen molar-refractivity contribution in [2.45, 2.75) is 26.6 Å². The number of rotatable bonds is 5. The Labute approximate surface area is 119 Å². The minimum Gasteiger partial charge on any atom is -0.315 e. The van der Waals surface area contributed by atoms with Gasteiger partial charge in [0.15, 0.2) is 0 Å². The SMILES string of the molecule is CC1=C(C)C(NCCCl)N(Cc2ccccc2)C1=O. The van der Waals surface area contributed by atoms with Crippen molar-refractivity contribution in [3.05, 3.63) is 47.0 Å². The van der Waals surface area contributed by atoms with Gasteiger partial charge in [0.05, 0.1) is 0 Å². The van der Waals surface area contributed by atoms with E-state index in [-0.39, 0.29) is 12.1 Å². The molecule has 2 rings (SSSR count). The third kappa shape index (κ3) is 2.99. The monoisotopic (exact) mass is 278 g/mol. The number of nitrogens with zero attached hydrogens (tertiary/aromatic N) is 1. The summed E-state index contributed by atoms with van der Waals surface area (Å²) in [6, 6.07) is 10.0. The van der Waals surface area contributed by atoms with Gasteiger partial charge in [-0.05, 0) is 25.0 Å². The second kappa shape index (κ2) is 6.22. The Morgan fingerprint density at radius 2 is 1.95 bits per heavy atom. The van der Waals surface area contributed by atoms with E-state index < -0.39 is 0 Å². The van der Waals surface area contributed by atoms with Crippen LogP contribution >= 0.6 is 11.6 Å². The highest BCUT2D eigenvalue weighted by atomic mass is 35.5. The zero-order valence-corrected chi connectivity index (χ0v) is 12.1. The molecule has 1 unspecified atom stereocenters. The molecule has 0 bridgehead atoms. The van der Waals surface area contributed by atoms with E-state index in [0.717, 1.165) is 16.7 Å². The molecule has 1 aliphatic heterocycles. The fraction of sp³-hybridized carbons (Fsp3) is 0.400. The number of hydrogen-bond donors (Lipinski definition) is 1. The van der Waals surface area contributed by atoms with Gasteiger partial charge < -0.3 is 4.90 Å². The van der Waals surface area contributed by atoms with Crippen LogP contribution in [0.4, 0.5) is 0 Å². The van der Waals surface area contributed by atoms with Crippen molar-refractivity contribution >= 4 is 17.5 Å². The normalized spacial score (nSPS) is 19.4. The molecule has 4 heteroatoms. The molecule has 1 heterocycles. The van der Waals surface area contributed by atoms with E-state index in [1.807, 2.05) is 49.1 Å². The predicted octanol–water partition coefficient (Wildman–Crippen LogP) is 2.52. The number of alkyl halides is 1. The average Bonchev–Trinajstić information content (AvgIpc) is 2.63. The van der Waals surface area contributed by atoms with Gasteiger partial charge in [0, 0.05) is 24.5 Å². The molecule has 0 saturated heterocycles. The van der Waals surface area contributed by atoms with Crippen molar-refractivity contribution in [3.63, 3.8) is 0 Å². The summed E-state index contributed by atoms with van der Waals surface area (Å²) in [6.45, 7) is 5.20. The highest BCUT2D eigenvalue weighted by Crippen LogP contribution is 2.25. The molecule has 1 aromatic carbocycles. The molecular weight excluding hydrogens is 260 g/mol. The summed E-state index contributed by atoms with van der Waals surface area (Å²) in [5.74, 6) is 0.643. The molecular formula is C15H19ClN2O. The molecule has 0 saturated carbocycles. The van der Waals surface area contributed by atoms with Crippen molar-refractivity contribution in [3.8, 4) is 0 Å². The molecule has 0 radical (unpaired) electrons. The third-order valence-corrected chi connectivity index (χ3v) is 3.71. The second-order valence-corrected chi connectivity index (χ2v) is 5.15. The van der Waals surface area contributed by atoms with Gasteiger partial charge in [0.25, 0.3) is 5.91 Å². The summed E-state index contributed by atoms with van der Waals surface area (Å²) < 4.78 is 0. The Balaban J connectivity index is 2.16. The quantitative estimate of drug-likeness (QED) is 0.840. The maximum atomic E-state index is 12.3. The average molecular weight is 279 g/mol. The standard InChI is InChI=1S/C15H19ClN2O/c1-11-12(2)15(19)18(14(11)17-9-8-16)10-13-6-4-3-5-7-13/h3-7,14,17H,8-10H2,1-2H3. The highest BCUT2D eigenvalue weighted by molar-refractivity contribution is 6.18. The first-order chi connectivity index (χ1) is 9.15. The van der Waals surface area contributed by atoms with Gasteiger partial charge in [-0.25, -0.2) is 0 Å². The van der Waals surface area contributed by atoms with Crippen molar-refractivity contribution < 1.29 is 4.79 Å². The van der Waals surface area contributed by atoms with Crippen LogP contribution < -0.4 is 5.32 Å². The van der Waals surface area contributed by atoms with Crippen LogP contribution in [0.25, 0.3) is 0 Å². The molecule has 1 atom stereocenters. The lowest BCUT2D eigenvalue weighted by Gasteiger charge is -2.27. The number of carbonyl (C=O) groups is 1. The van der Waals surface area contributed by atoms with Crippen LogP contribution in [0.1, 0.15) is 19.4 Å². The molecule has 0 aliphatic carbocycles. The van der Waals surface area contributed by atoms with Crippen molar-refractivity contribution in [1.29, 1.82) is 0 Å². The van der Waals surface area contributed by atoms with Crippen LogP contribution in [0.3, 0.4) is 0 Å². The van der Waals surface area contributed by atoms with Gasteiger partial charge in [-0.1, -0.05) is 30.3 Å². The van der Waals surface area contributed by atoms with E-state index in [4.69, 9.17) is 11.6 Å². The van der Waals surface area contributed by atoms with E-state index in [9.17, 15) is 4.79 Å². The van der Waals surface area contributed by atoms with E-state index >= 15 is 0 Å².